The van der Waals surface area contributed by atoms with E-state index in [4.69, 9.17) is 0 Å². The molecule has 4 rings (SSSR count). The molecule has 24 heavy (non-hydrogen) atoms. The number of rotatable bonds is 0. The summed E-state index contributed by atoms with van der Waals surface area (Å²) in [6.07, 6.45) is -2.86. The van der Waals surface area contributed by atoms with Crippen molar-refractivity contribution in [2.24, 2.45) is 4.99 Å². The van der Waals surface area contributed by atoms with Gasteiger partial charge in [-0.3, -0.25) is 0 Å². The predicted molar refractivity (Wildman–Crippen MR) is 87.5 cm³/mol. The molecule has 0 N–H and O–H groups in total. The molecule has 2 aliphatic heterocycles. The fourth-order valence-electron chi connectivity index (χ4n) is 3.74. The standard InChI is InChI=1S/C19H17F3N2/c1-12-23-17-7-6-15(19(20,21)22)10-14(17)11-18-16-5-3-2-4-13(16)8-9-24(12)18/h2-7,10,18H,8-9,11H2,1H3. The molecule has 2 aliphatic rings. The van der Waals surface area contributed by atoms with E-state index < -0.39 is 11.7 Å². The lowest BCUT2D eigenvalue weighted by molar-refractivity contribution is -0.137. The molecule has 0 aliphatic carbocycles. The van der Waals surface area contributed by atoms with Crippen LogP contribution in [0.15, 0.2) is 47.5 Å². The van der Waals surface area contributed by atoms with Crippen molar-refractivity contribution < 1.29 is 13.2 Å². The second-order valence-corrected chi connectivity index (χ2v) is 6.36. The van der Waals surface area contributed by atoms with Crippen LogP contribution in [0, 0.1) is 0 Å². The van der Waals surface area contributed by atoms with E-state index in [0.29, 0.717) is 17.7 Å². The quantitative estimate of drug-likeness (QED) is 0.670. The van der Waals surface area contributed by atoms with Crippen molar-refractivity contribution in [3.8, 4) is 0 Å². The van der Waals surface area contributed by atoms with E-state index in [2.05, 4.69) is 22.0 Å². The van der Waals surface area contributed by atoms with Gasteiger partial charge in [0.15, 0.2) is 0 Å². The molecule has 0 aromatic heterocycles. The smallest absolute Gasteiger partial charge is 0.353 e. The van der Waals surface area contributed by atoms with Gasteiger partial charge in [0.05, 0.1) is 17.3 Å². The van der Waals surface area contributed by atoms with Crippen molar-refractivity contribution in [2.45, 2.75) is 32.0 Å². The van der Waals surface area contributed by atoms with Crippen molar-refractivity contribution >= 4 is 11.5 Å². The average Bonchev–Trinajstić information content (AvgIpc) is 2.69. The zero-order chi connectivity index (χ0) is 16.9. The van der Waals surface area contributed by atoms with Gasteiger partial charge in [-0.2, -0.15) is 13.2 Å². The molecule has 1 unspecified atom stereocenters. The maximum atomic E-state index is 13.1. The minimum absolute atomic E-state index is 0.0448. The average molecular weight is 330 g/mol. The highest BCUT2D eigenvalue weighted by atomic mass is 19.4. The van der Waals surface area contributed by atoms with Crippen molar-refractivity contribution in [3.63, 3.8) is 0 Å². The third kappa shape index (κ3) is 2.48. The third-order valence-corrected chi connectivity index (χ3v) is 4.93. The van der Waals surface area contributed by atoms with Crippen LogP contribution in [0.5, 0.6) is 0 Å². The van der Waals surface area contributed by atoms with E-state index in [1.807, 2.05) is 19.1 Å². The van der Waals surface area contributed by atoms with Gasteiger partial charge in [0, 0.05) is 6.54 Å². The number of hydrogen-bond donors (Lipinski definition) is 0. The van der Waals surface area contributed by atoms with Crippen LogP contribution in [0.25, 0.3) is 0 Å². The summed E-state index contributed by atoms with van der Waals surface area (Å²) < 4.78 is 39.2. The number of halogens is 3. The Morgan fingerprint density at radius 2 is 1.88 bits per heavy atom. The lowest BCUT2D eigenvalue weighted by Gasteiger charge is -2.37. The van der Waals surface area contributed by atoms with Crippen LogP contribution < -0.4 is 0 Å². The van der Waals surface area contributed by atoms with Gasteiger partial charge in [0.1, 0.15) is 5.84 Å². The molecule has 0 saturated heterocycles. The summed E-state index contributed by atoms with van der Waals surface area (Å²) in [6.45, 7) is 2.78. The summed E-state index contributed by atoms with van der Waals surface area (Å²) in [4.78, 5) is 6.81. The van der Waals surface area contributed by atoms with Crippen LogP contribution in [-0.4, -0.2) is 17.3 Å². The maximum absolute atomic E-state index is 13.1. The van der Waals surface area contributed by atoms with Crippen molar-refractivity contribution in [2.75, 3.05) is 6.54 Å². The summed E-state index contributed by atoms with van der Waals surface area (Å²) in [5, 5.41) is 0. The molecule has 2 nitrogen and oxygen atoms in total. The van der Waals surface area contributed by atoms with Gasteiger partial charge in [-0.15, -0.1) is 0 Å². The second-order valence-electron chi connectivity index (χ2n) is 6.36. The van der Waals surface area contributed by atoms with Gasteiger partial charge in [-0.25, -0.2) is 4.99 Å². The molecule has 2 aromatic rings. The minimum atomic E-state index is -4.33. The summed E-state index contributed by atoms with van der Waals surface area (Å²) in [6, 6.07) is 12.1. The Bertz CT molecular complexity index is 824. The Morgan fingerprint density at radius 1 is 1.08 bits per heavy atom. The first kappa shape index (κ1) is 15.2. The van der Waals surface area contributed by atoms with Crippen LogP contribution in [-0.2, 0) is 19.0 Å². The molecule has 2 heterocycles. The highest BCUT2D eigenvalue weighted by molar-refractivity contribution is 5.84. The molecule has 0 fully saturated rings. The van der Waals surface area contributed by atoms with E-state index in [1.54, 1.807) is 0 Å². The molecule has 0 spiro atoms. The second kappa shape index (κ2) is 5.36. The minimum Gasteiger partial charge on any atom is -0.353 e. The lowest BCUT2D eigenvalue weighted by atomic mass is 9.88. The van der Waals surface area contributed by atoms with Gasteiger partial charge in [0.25, 0.3) is 0 Å². The topological polar surface area (TPSA) is 15.6 Å². The number of benzene rings is 2. The van der Waals surface area contributed by atoms with Crippen LogP contribution in [0.3, 0.4) is 0 Å². The zero-order valence-electron chi connectivity index (χ0n) is 13.3. The van der Waals surface area contributed by atoms with Gasteiger partial charge >= 0.3 is 6.18 Å². The number of amidine groups is 1. The summed E-state index contributed by atoms with van der Waals surface area (Å²) in [7, 11) is 0. The first-order chi connectivity index (χ1) is 11.4. The monoisotopic (exact) mass is 330 g/mol. The highest BCUT2D eigenvalue weighted by Gasteiger charge is 2.34. The van der Waals surface area contributed by atoms with Crippen LogP contribution in [0.2, 0.25) is 0 Å². The lowest BCUT2D eigenvalue weighted by Crippen LogP contribution is -2.39. The first-order valence-electron chi connectivity index (χ1n) is 8.03. The number of alkyl halides is 3. The van der Waals surface area contributed by atoms with Gasteiger partial charge in [-0.1, -0.05) is 24.3 Å². The number of aliphatic imine (C=N–C) groups is 1. The maximum Gasteiger partial charge on any atom is 0.416 e. The number of nitrogens with zero attached hydrogens (tertiary/aromatic N) is 2. The third-order valence-electron chi connectivity index (χ3n) is 4.93. The molecular weight excluding hydrogens is 313 g/mol. The molecule has 1 atom stereocenters. The summed E-state index contributed by atoms with van der Waals surface area (Å²) in [5.41, 5.74) is 3.18. The molecule has 0 bridgehead atoms. The Balaban J connectivity index is 1.83. The molecule has 0 radical (unpaired) electrons. The van der Waals surface area contributed by atoms with E-state index in [-0.39, 0.29) is 6.04 Å². The molecule has 124 valence electrons. The molecule has 0 saturated carbocycles. The fraction of sp³-hybridized carbons (Fsp3) is 0.316. The Labute approximate surface area is 138 Å². The molecule has 2 aromatic carbocycles. The van der Waals surface area contributed by atoms with Crippen LogP contribution in [0.1, 0.15) is 35.2 Å². The molecule has 5 heteroatoms. The highest BCUT2D eigenvalue weighted by Crippen LogP contribution is 2.40. The predicted octanol–water partition coefficient (Wildman–Crippen LogP) is 4.91. The number of fused-ring (bicyclic) bond motifs is 4. The van der Waals surface area contributed by atoms with Crippen molar-refractivity contribution in [1.82, 2.24) is 4.90 Å². The first-order valence-corrected chi connectivity index (χ1v) is 8.03. The largest absolute Gasteiger partial charge is 0.416 e. The van der Waals surface area contributed by atoms with E-state index >= 15 is 0 Å². The van der Waals surface area contributed by atoms with Gasteiger partial charge in [0.2, 0.25) is 0 Å². The summed E-state index contributed by atoms with van der Waals surface area (Å²) >= 11 is 0. The van der Waals surface area contributed by atoms with Gasteiger partial charge in [-0.05, 0) is 54.7 Å². The van der Waals surface area contributed by atoms with Crippen LogP contribution >= 0.6 is 0 Å². The SMILES string of the molecule is CC1=Nc2ccc(C(F)(F)F)cc2CC2c3ccccc3CCN12. The molecular formula is C19H17F3N2. The molecule has 0 amide bonds. The van der Waals surface area contributed by atoms with E-state index in [0.717, 1.165) is 24.9 Å². The van der Waals surface area contributed by atoms with Crippen LogP contribution in [0.4, 0.5) is 18.9 Å². The Morgan fingerprint density at radius 3 is 2.67 bits per heavy atom. The van der Waals surface area contributed by atoms with Crippen molar-refractivity contribution in [3.05, 3.63) is 64.7 Å². The summed E-state index contributed by atoms with van der Waals surface area (Å²) in [5.74, 6) is 0.869. The van der Waals surface area contributed by atoms with E-state index in [1.165, 1.54) is 23.3 Å². The normalized spacial score (nSPS) is 19.8. The Hall–Kier alpha value is -2.30. The van der Waals surface area contributed by atoms with Gasteiger partial charge < -0.3 is 4.90 Å². The fourth-order valence-corrected chi connectivity index (χ4v) is 3.74. The number of hydrogen-bond acceptors (Lipinski definition) is 2. The Kier molecular flexibility index (Phi) is 3.41. The van der Waals surface area contributed by atoms with Crippen molar-refractivity contribution in [1.29, 1.82) is 0 Å². The zero-order valence-corrected chi connectivity index (χ0v) is 13.3. The van der Waals surface area contributed by atoms with E-state index in [9.17, 15) is 13.2 Å².